The molecule has 5 nitrogen and oxygen atoms in total. The predicted molar refractivity (Wildman–Crippen MR) is 97.6 cm³/mol. The van der Waals surface area contributed by atoms with Gasteiger partial charge >= 0.3 is 0 Å². The average Bonchev–Trinajstić information content (AvgIpc) is 3.02. The summed E-state index contributed by atoms with van der Waals surface area (Å²) < 4.78 is 31.9. The molecule has 0 atom stereocenters. The van der Waals surface area contributed by atoms with E-state index in [1.54, 1.807) is 43.3 Å². The van der Waals surface area contributed by atoms with Gasteiger partial charge in [-0.1, -0.05) is 35.4 Å². The Kier molecular flexibility index (Phi) is 4.39. The molecule has 25 heavy (non-hydrogen) atoms. The van der Waals surface area contributed by atoms with Gasteiger partial charge in [0.25, 0.3) is 0 Å². The molecule has 0 amide bonds. The van der Waals surface area contributed by atoms with Crippen LogP contribution in [-0.4, -0.2) is 27.5 Å². The zero-order valence-electron chi connectivity index (χ0n) is 14.6. The first-order valence-corrected chi connectivity index (χ1v) is 9.34. The maximum Gasteiger partial charge on any atom is 0.235 e. The molecule has 0 fully saturated rings. The van der Waals surface area contributed by atoms with Crippen molar-refractivity contribution in [3.8, 4) is 11.5 Å². The van der Waals surface area contributed by atoms with Gasteiger partial charge < -0.3 is 9.32 Å². The molecule has 3 aromatic rings. The lowest BCUT2D eigenvalue weighted by Gasteiger charge is -2.10. The van der Waals surface area contributed by atoms with Crippen LogP contribution in [-0.2, 0) is 9.84 Å². The van der Waals surface area contributed by atoms with Crippen LogP contribution < -0.4 is 4.90 Å². The molecule has 1 aromatic heterocycles. The zero-order valence-corrected chi connectivity index (χ0v) is 15.5. The number of anilines is 1. The minimum atomic E-state index is -3.78. The quantitative estimate of drug-likeness (QED) is 0.710. The van der Waals surface area contributed by atoms with Crippen molar-refractivity contribution in [1.82, 2.24) is 4.98 Å². The van der Waals surface area contributed by atoms with Gasteiger partial charge in [-0.05, 0) is 38.1 Å². The van der Waals surface area contributed by atoms with E-state index in [4.69, 9.17) is 4.42 Å². The fraction of sp³-hybridized carbons (Fsp3) is 0.211. The molecule has 0 saturated carbocycles. The Hall–Kier alpha value is -2.60. The van der Waals surface area contributed by atoms with Crippen LogP contribution in [0.4, 0.5) is 5.88 Å². The number of rotatable bonds is 4. The molecule has 0 aliphatic rings. The lowest BCUT2D eigenvalue weighted by Crippen LogP contribution is -2.13. The van der Waals surface area contributed by atoms with Gasteiger partial charge in [0.1, 0.15) is 0 Å². The molecule has 0 saturated heterocycles. The fourth-order valence-corrected chi connectivity index (χ4v) is 3.86. The van der Waals surface area contributed by atoms with Gasteiger partial charge in [-0.2, -0.15) is 4.98 Å². The lowest BCUT2D eigenvalue weighted by atomic mass is 10.1. The van der Waals surface area contributed by atoms with Crippen LogP contribution in [0.2, 0.25) is 0 Å². The molecular formula is C19H20N2O3S. The van der Waals surface area contributed by atoms with Crippen molar-refractivity contribution in [2.75, 3.05) is 19.0 Å². The van der Waals surface area contributed by atoms with Crippen LogP contribution in [0.1, 0.15) is 11.1 Å². The van der Waals surface area contributed by atoms with Crippen LogP contribution in [0.5, 0.6) is 0 Å². The van der Waals surface area contributed by atoms with Crippen molar-refractivity contribution >= 4 is 15.7 Å². The number of oxazole rings is 1. The molecule has 6 heteroatoms. The molecule has 1 heterocycles. The number of hydrogen-bond acceptors (Lipinski definition) is 5. The Morgan fingerprint density at radius 3 is 2.24 bits per heavy atom. The Morgan fingerprint density at radius 1 is 0.960 bits per heavy atom. The normalized spacial score (nSPS) is 11.5. The number of sulfone groups is 1. The summed E-state index contributed by atoms with van der Waals surface area (Å²) >= 11 is 0. The SMILES string of the molecule is Cc1ccc(S(=O)(=O)c2nc(-c3cccc(C)c3)oc2N(C)C)cc1. The predicted octanol–water partition coefficient (Wildman–Crippen LogP) is 3.86. The van der Waals surface area contributed by atoms with Crippen molar-refractivity contribution in [3.05, 3.63) is 59.7 Å². The minimum absolute atomic E-state index is 0.0714. The van der Waals surface area contributed by atoms with Crippen molar-refractivity contribution in [2.45, 2.75) is 23.8 Å². The Bertz CT molecular complexity index is 1000. The third kappa shape index (κ3) is 3.30. The Labute approximate surface area is 147 Å². The highest BCUT2D eigenvalue weighted by atomic mass is 32.2. The molecule has 0 radical (unpaired) electrons. The summed E-state index contributed by atoms with van der Waals surface area (Å²) in [5, 5.41) is -0.0714. The number of nitrogens with zero attached hydrogens (tertiary/aromatic N) is 2. The largest absolute Gasteiger partial charge is 0.419 e. The van der Waals surface area contributed by atoms with E-state index in [-0.39, 0.29) is 21.7 Å². The van der Waals surface area contributed by atoms with Crippen molar-refractivity contribution in [2.24, 2.45) is 0 Å². The third-order valence-electron chi connectivity index (χ3n) is 3.84. The number of benzene rings is 2. The molecule has 0 bridgehead atoms. The van der Waals surface area contributed by atoms with Crippen LogP contribution in [0, 0.1) is 13.8 Å². The Balaban J connectivity index is 2.16. The van der Waals surface area contributed by atoms with Crippen molar-refractivity contribution in [3.63, 3.8) is 0 Å². The maximum atomic E-state index is 13.0. The second-order valence-corrected chi connectivity index (χ2v) is 8.07. The highest BCUT2D eigenvalue weighted by molar-refractivity contribution is 7.91. The zero-order chi connectivity index (χ0) is 18.2. The molecule has 0 aliphatic carbocycles. The van der Waals surface area contributed by atoms with E-state index >= 15 is 0 Å². The lowest BCUT2D eigenvalue weighted by molar-refractivity contribution is 0.564. The average molecular weight is 356 g/mol. The van der Waals surface area contributed by atoms with Gasteiger partial charge in [-0.25, -0.2) is 8.42 Å². The number of aromatic nitrogens is 1. The molecule has 0 spiro atoms. The second kappa shape index (κ2) is 6.37. The van der Waals surface area contributed by atoms with Crippen molar-refractivity contribution in [1.29, 1.82) is 0 Å². The van der Waals surface area contributed by atoms with E-state index in [1.807, 2.05) is 38.1 Å². The smallest absolute Gasteiger partial charge is 0.235 e. The summed E-state index contributed by atoms with van der Waals surface area (Å²) in [6, 6.07) is 14.3. The van der Waals surface area contributed by atoms with E-state index in [0.29, 0.717) is 0 Å². The van der Waals surface area contributed by atoms with Gasteiger partial charge in [0.15, 0.2) is 0 Å². The summed E-state index contributed by atoms with van der Waals surface area (Å²) in [4.78, 5) is 6.13. The highest BCUT2D eigenvalue weighted by Crippen LogP contribution is 2.33. The monoisotopic (exact) mass is 356 g/mol. The summed E-state index contributed by atoms with van der Waals surface area (Å²) in [5.41, 5.74) is 2.78. The van der Waals surface area contributed by atoms with Gasteiger partial charge in [-0.3, -0.25) is 0 Å². The van der Waals surface area contributed by atoms with E-state index < -0.39 is 9.84 Å². The summed E-state index contributed by atoms with van der Waals surface area (Å²) in [7, 11) is -0.314. The van der Waals surface area contributed by atoms with Gasteiger partial charge in [-0.15, -0.1) is 0 Å². The first-order valence-electron chi connectivity index (χ1n) is 7.86. The maximum absolute atomic E-state index is 13.0. The van der Waals surface area contributed by atoms with E-state index in [0.717, 1.165) is 16.7 Å². The minimum Gasteiger partial charge on any atom is -0.419 e. The van der Waals surface area contributed by atoms with E-state index in [9.17, 15) is 8.42 Å². The number of aryl methyl sites for hydroxylation is 2. The molecule has 0 unspecified atom stereocenters. The third-order valence-corrected chi connectivity index (χ3v) is 5.50. The molecule has 2 aromatic carbocycles. The first kappa shape index (κ1) is 17.2. The topological polar surface area (TPSA) is 63.4 Å². The second-order valence-electron chi connectivity index (χ2n) is 6.21. The summed E-state index contributed by atoms with van der Waals surface area (Å²) in [6.45, 7) is 3.87. The van der Waals surface area contributed by atoms with Crippen molar-refractivity contribution < 1.29 is 12.8 Å². The number of hydrogen-bond donors (Lipinski definition) is 0. The molecule has 3 rings (SSSR count). The van der Waals surface area contributed by atoms with E-state index in [2.05, 4.69) is 4.98 Å². The van der Waals surface area contributed by atoms with Crippen LogP contribution in [0.3, 0.4) is 0 Å². The van der Waals surface area contributed by atoms with Gasteiger partial charge in [0.05, 0.1) is 4.90 Å². The van der Waals surface area contributed by atoms with Crippen LogP contribution in [0.15, 0.2) is 62.9 Å². The first-order chi connectivity index (χ1) is 11.8. The fourth-order valence-electron chi connectivity index (χ4n) is 2.49. The van der Waals surface area contributed by atoms with Gasteiger partial charge in [0, 0.05) is 19.7 Å². The standard InChI is InChI=1S/C19H20N2O3S/c1-13-8-10-16(11-9-13)25(22,23)18-19(21(3)4)24-17(20-18)15-7-5-6-14(2)12-15/h5-12H,1-4H3. The molecular weight excluding hydrogens is 336 g/mol. The molecule has 0 aliphatic heterocycles. The highest BCUT2D eigenvalue weighted by Gasteiger charge is 2.29. The Morgan fingerprint density at radius 2 is 1.64 bits per heavy atom. The molecule has 130 valence electrons. The van der Waals surface area contributed by atoms with Crippen LogP contribution >= 0.6 is 0 Å². The van der Waals surface area contributed by atoms with E-state index in [1.165, 1.54) is 0 Å². The molecule has 0 N–H and O–H groups in total. The summed E-state index contributed by atoms with van der Waals surface area (Å²) in [6.07, 6.45) is 0. The summed E-state index contributed by atoms with van der Waals surface area (Å²) in [5.74, 6) is 0.509. The van der Waals surface area contributed by atoms with Crippen LogP contribution in [0.25, 0.3) is 11.5 Å². The van der Waals surface area contributed by atoms with Gasteiger partial charge in [0.2, 0.25) is 26.6 Å².